The van der Waals surface area contributed by atoms with E-state index < -0.39 is 17.9 Å². The van der Waals surface area contributed by atoms with Gasteiger partial charge >= 0.3 is 12.0 Å². The standard InChI is InChI=1S/C13H17N3O4/c1-16(2)10-6-4-3-5-9(10)14-13(20)15-11(17)7-8-12(18)19/h3-6H,7-8H2,1-2H3,(H,18,19)(H2,14,15,17,20). The average molecular weight is 279 g/mol. The van der Waals surface area contributed by atoms with Gasteiger partial charge in [-0.3, -0.25) is 14.9 Å². The molecule has 3 amide bonds. The minimum absolute atomic E-state index is 0.238. The Morgan fingerprint density at radius 3 is 2.40 bits per heavy atom. The molecule has 0 saturated carbocycles. The van der Waals surface area contributed by atoms with Crippen LogP contribution in [0.4, 0.5) is 16.2 Å². The van der Waals surface area contributed by atoms with Gasteiger partial charge in [0.05, 0.1) is 17.8 Å². The lowest BCUT2D eigenvalue weighted by atomic mass is 10.2. The van der Waals surface area contributed by atoms with Crippen molar-refractivity contribution in [3.8, 4) is 0 Å². The first-order valence-electron chi connectivity index (χ1n) is 5.99. The molecule has 0 saturated heterocycles. The molecule has 0 aliphatic heterocycles. The Labute approximate surface area is 116 Å². The summed E-state index contributed by atoms with van der Waals surface area (Å²) in [4.78, 5) is 35.1. The molecule has 0 unspecified atom stereocenters. The second-order valence-corrected chi connectivity index (χ2v) is 4.31. The molecule has 0 heterocycles. The Morgan fingerprint density at radius 1 is 1.15 bits per heavy atom. The first-order valence-corrected chi connectivity index (χ1v) is 5.99. The summed E-state index contributed by atoms with van der Waals surface area (Å²) in [5.74, 6) is -1.72. The van der Waals surface area contributed by atoms with Crippen LogP contribution in [-0.4, -0.2) is 37.1 Å². The lowest BCUT2D eigenvalue weighted by Crippen LogP contribution is -2.34. The molecule has 1 aromatic carbocycles. The summed E-state index contributed by atoms with van der Waals surface area (Å²) in [6.45, 7) is 0. The first-order chi connectivity index (χ1) is 9.40. The molecule has 0 spiro atoms. The zero-order chi connectivity index (χ0) is 15.1. The number of carboxylic acid groups (broad SMARTS) is 1. The number of carboxylic acids is 1. The summed E-state index contributed by atoms with van der Waals surface area (Å²) in [6.07, 6.45) is -0.550. The Bertz CT molecular complexity index is 514. The van der Waals surface area contributed by atoms with Gasteiger partial charge < -0.3 is 15.3 Å². The van der Waals surface area contributed by atoms with E-state index in [1.165, 1.54) is 0 Å². The highest BCUT2D eigenvalue weighted by Crippen LogP contribution is 2.23. The maximum atomic E-state index is 11.6. The molecule has 1 aromatic rings. The van der Waals surface area contributed by atoms with Crippen LogP contribution in [-0.2, 0) is 9.59 Å². The Hall–Kier alpha value is -2.57. The third-order valence-electron chi connectivity index (χ3n) is 2.45. The zero-order valence-electron chi connectivity index (χ0n) is 11.3. The van der Waals surface area contributed by atoms with Gasteiger partial charge in [0, 0.05) is 20.5 Å². The van der Waals surface area contributed by atoms with Crippen molar-refractivity contribution in [3.05, 3.63) is 24.3 Å². The van der Waals surface area contributed by atoms with Crippen molar-refractivity contribution >= 4 is 29.3 Å². The van der Waals surface area contributed by atoms with E-state index in [4.69, 9.17) is 5.11 Å². The van der Waals surface area contributed by atoms with Crippen LogP contribution in [0.5, 0.6) is 0 Å². The summed E-state index contributed by atoms with van der Waals surface area (Å²) < 4.78 is 0. The van der Waals surface area contributed by atoms with Gasteiger partial charge in [-0.2, -0.15) is 0 Å². The Kier molecular flexibility index (Phi) is 5.52. The topological polar surface area (TPSA) is 98.7 Å². The molecule has 3 N–H and O–H groups in total. The number of hydrogen-bond donors (Lipinski definition) is 3. The molecule has 0 atom stereocenters. The third kappa shape index (κ3) is 4.97. The number of nitrogens with one attached hydrogen (secondary N) is 2. The fourth-order valence-corrected chi connectivity index (χ4v) is 1.53. The number of urea groups is 1. The predicted octanol–water partition coefficient (Wildman–Crippen LogP) is 1.27. The second-order valence-electron chi connectivity index (χ2n) is 4.31. The predicted molar refractivity (Wildman–Crippen MR) is 74.8 cm³/mol. The van der Waals surface area contributed by atoms with E-state index >= 15 is 0 Å². The number of benzene rings is 1. The molecular weight excluding hydrogens is 262 g/mol. The third-order valence-corrected chi connectivity index (χ3v) is 2.45. The molecule has 0 fully saturated rings. The van der Waals surface area contributed by atoms with E-state index in [2.05, 4.69) is 10.6 Å². The largest absolute Gasteiger partial charge is 0.481 e. The van der Waals surface area contributed by atoms with Gasteiger partial charge in [0.15, 0.2) is 0 Å². The maximum Gasteiger partial charge on any atom is 0.325 e. The lowest BCUT2D eigenvalue weighted by molar-refractivity contribution is -0.138. The lowest BCUT2D eigenvalue weighted by Gasteiger charge is -2.17. The van der Waals surface area contributed by atoms with Crippen LogP contribution in [0.1, 0.15) is 12.8 Å². The second kappa shape index (κ2) is 7.13. The molecule has 1 rings (SSSR count). The highest BCUT2D eigenvalue weighted by molar-refractivity contribution is 6.03. The van der Waals surface area contributed by atoms with E-state index in [0.717, 1.165) is 5.69 Å². The van der Waals surface area contributed by atoms with Gasteiger partial charge in [0.1, 0.15) is 0 Å². The molecule has 20 heavy (non-hydrogen) atoms. The molecular formula is C13H17N3O4. The van der Waals surface area contributed by atoms with Crippen LogP contribution in [0.2, 0.25) is 0 Å². The Morgan fingerprint density at radius 2 is 1.80 bits per heavy atom. The van der Waals surface area contributed by atoms with Gasteiger partial charge in [-0.1, -0.05) is 12.1 Å². The smallest absolute Gasteiger partial charge is 0.325 e. The molecule has 0 radical (unpaired) electrons. The maximum absolute atomic E-state index is 11.6. The van der Waals surface area contributed by atoms with Crippen molar-refractivity contribution < 1.29 is 19.5 Å². The van der Waals surface area contributed by atoms with E-state index in [0.29, 0.717) is 5.69 Å². The monoisotopic (exact) mass is 279 g/mol. The van der Waals surface area contributed by atoms with Crippen molar-refractivity contribution in [2.24, 2.45) is 0 Å². The summed E-state index contributed by atoms with van der Waals surface area (Å²) in [6, 6.07) is 6.43. The van der Waals surface area contributed by atoms with E-state index in [-0.39, 0.29) is 12.8 Å². The van der Waals surface area contributed by atoms with Crippen molar-refractivity contribution in [2.75, 3.05) is 24.3 Å². The fraction of sp³-hybridized carbons (Fsp3) is 0.308. The van der Waals surface area contributed by atoms with Crippen molar-refractivity contribution in [2.45, 2.75) is 12.8 Å². The molecule has 0 aliphatic rings. The summed E-state index contributed by atoms with van der Waals surface area (Å²) >= 11 is 0. The van der Waals surface area contributed by atoms with E-state index in [9.17, 15) is 14.4 Å². The van der Waals surface area contributed by atoms with Gasteiger partial charge in [-0.25, -0.2) is 4.79 Å². The quantitative estimate of drug-likeness (QED) is 0.753. The average Bonchev–Trinajstić information content (AvgIpc) is 2.36. The highest BCUT2D eigenvalue weighted by Gasteiger charge is 2.11. The summed E-state index contributed by atoms with van der Waals surface area (Å²) in [7, 11) is 3.66. The van der Waals surface area contributed by atoms with Crippen molar-refractivity contribution in [1.29, 1.82) is 0 Å². The number of carbonyl (C=O) groups is 3. The molecule has 108 valence electrons. The first kappa shape index (κ1) is 15.5. The number of nitrogens with zero attached hydrogens (tertiary/aromatic N) is 1. The van der Waals surface area contributed by atoms with E-state index in [1.54, 1.807) is 12.1 Å². The minimum atomic E-state index is -1.08. The van der Waals surface area contributed by atoms with Crippen molar-refractivity contribution in [3.63, 3.8) is 0 Å². The van der Waals surface area contributed by atoms with Crippen LogP contribution in [0.15, 0.2) is 24.3 Å². The normalized spacial score (nSPS) is 9.70. The van der Waals surface area contributed by atoms with Crippen LogP contribution in [0.25, 0.3) is 0 Å². The number of imide groups is 1. The number of aliphatic carboxylic acids is 1. The molecule has 0 aromatic heterocycles. The molecule has 7 nitrogen and oxygen atoms in total. The Balaban J connectivity index is 2.58. The number of anilines is 2. The number of amides is 3. The van der Waals surface area contributed by atoms with Gasteiger partial charge in [0.25, 0.3) is 0 Å². The number of carbonyl (C=O) groups excluding carboxylic acids is 2. The fourth-order valence-electron chi connectivity index (χ4n) is 1.53. The molecule has 0 bridgehead atoms. The van der Waals surface area contributed by atoms with Crippen LogP contribution in [0, 0.1) is 0 Å². The van der Waals surface area contributed by atoms with Gasteiger partial charge in [-0.15, -0.1) is 0 Å². The zero-order valence-corrected chi connectivity index (χ0v) is 11.3. The van der Waals surface area contributed by atoms with Crippen LogP contribution < -0.4 is 15.5 Å². The summed E-state index contributed by atoms with van der Waals surface area (Å²) in [5, 5.41) is 13.1. The SMILES string of the molecule is CN(C)c1ccccc1NC(=O)NC(=O)CCC(=O)O. The molecule has 0 aliphatic carbocycles. The number of rotatable bonds is 5. The van der Waals surface area contributed by atoms with Crippen LogP contribution >= 0.6 is 0 Å². The minimum Gasteiger partial charge on any atom is -0.481 e. The number of hydrogen-bond acceptors (Lipinski definition) is 4. The van der Waals surface area contributed by atoms with Crippen LogP contribution in [0.3, 0.4) is 0 Å². The van der Waals surface area contributed by atoms with Crippen molar-refractivity contribution in [1.82, 2.24) is 5.32 Å². The summed E-state index contributed by atoms with van der Waals surface area (Å²) in [5.41, 5.74) is 1.35. The number of para-hydroxylation sites is 2. The van der Waals surface area contributed by atoms with Gasteiger partial charge in [0.2, 0.25) is 5.91 Å². The van der Waals surface area contributed by atoms with E-state index in [1.807, 2.05) is 31.1 Å². The van der Waals surface area contributed by atoms with Gasteiger partial charge in [-0.05, 0) is 12.1 Å². The highest BCUT2D eigenvalue weighted by atomic mass is 16.4. The molecule has 7 heteroatoms.